The summed E-state index contributed by atoms with van der Waals surface area (Å²) in [6.07, 6.45) is 1.94. The van der Waals surface area contributed by atoms with Gasteiger partial charge in [-0.25, -0.2) is 4.79 Å². The molecular weight excluding hydrogens is 1010 g/mol. The normalized spacial score (nSPS) is 16.6. The summed E-state index contributed by atoms with van der Waals surface area (Å²) >= 11 is 0. The number of amides is 6. The molecule has 0 spiro atoms. The Labute approximate surface area is 478 Å². The molecule has 1 aliphatic rings. The van der Waals surface area contributed by atoms with Crippen LogP contribution in [0.3, 0.4) is 0 Å². The molecule has 3 aromatic carbocycles. The monoisotopic (exact) mass is 1110 g/mol. The van der Waals surface area contributed by atoms with Crippen molar-refractivity contribution in [1.82, 2.24) is 25.3 Å². The van der Waals surface area contributed by atoms with Crippen molar-refractivity contribution in [1.29, 1.82) is 0 Å². The van der Waals surface area contributed by atoms with Crippen LogP contribution < -0.4 is 15.5 Å². The molecule has 3 aromatic rings. The molecule has 0 aromatic heterocycles. The van der Waals surface area contributed by atoms with Crippen LogP contribution in [0.5, 0.6) is 0 Å². The average Bonchev–Trinajstić information content (AvgIpc) is 3.91. The van der Waals surface area contributed by atoms with E-state index in [9.17, 15) is 33.6 Å². The number of nitrogens with one attached hydrogen (secondary N) is 2. The molecule has 16 heteroatoms. The third kappa shape index (κ3) is 18.5. The molecule has 9 atom stereocenters. The smallest absolute Gasteiger partial charge is 0.329 e. The van der Waals surface area contributed by atoms with Gasteiger partial charge in [0.05, 0.1) is 43.2 Å². The molecule has 1 aliphatic heterocycles. The molecular formula is C64H96N6O10. The summed E-state index contributed by atoms with van der Waals surface area (Å²) in [4.78, 5) is 106. The molecule has 16 nitrogen and oxygen atoms in total. The van der Waals surface area contributed by atoms with Crippen molar-refractivity contribution in [3.8, 4) is 0 Å². The van der Waals surface area contributed by atoms with Gasteiger partial charge in [0.15, 0.2) is 0 Å². The zero-order chi connectivity index (χ0) is 59.6. The fraction of sp³-hybridized carbons (Fsp3) is 0.609. The highest BCUT2D eigenvalue weighted by Gasteiger charge is 2.44. The summed E-state index contributed by atoms with van der Waals surface area (Å²) in [5.74, 6) is -3.80. The number of carbonyl (C=O) groups is 7. The average molecular weight is 1110 g/mol. The largest absolute Gasteiger partial charge is 0.458 e. The Balaban J connectivity index is 1.43. The maximum absolute atomic E-state index is 14.8. The number of hydrogen-bond donors (Lipinski definition) is 2. The number of anilines is 1. The van der Waals surface area contributed by atoms with Crippen molar-refractivity contribution in [2.24, 2.45) is 23.7 Å². The second kappa shape index (κ2) is 31.2. The molecule has 0 bridgehead atoms. The lowest BCUT2D eigenvalue weighted by Gasteiger charge is -2.41. The summed E-state index contributed by atoms with van der Waals surface area (Å²) in [6, 6.07) is 21.4. The van der Waals surface area contributed by atoms with Crippen LogP contribution in [0.25, 0.3) is 0 Å². The lowest BCUT2D eigenvalue weighted by Crippen LogP contribution is -2.60. The number of esters is 1. The number of unbranched alkanes of at least 4 members (excludes halogenated alkanes) is 1. The standard InChI is InChI=1S/C64H96N6O10/c1-17-43(6)58(52(78-15)39-55(73)69-37-27-34-51(69)59(79-16)46(9)60(74)65-49(63(77)80-64(10,11)12)38-47-30-19-18-20-31-47)68(14)62(76)56(41(2)3)66-61(75)57(42(4)5)67(13)53(71)35-25-26-36-54(72)70(50-33-24-22-29-45(50)8)40-48-32-23-21-28-44(48)7/h18-24,28-33,41-43,46,49,51-52,56-59H,17,25-27,34-40H2,1-16H3,(H,65,74)(H,66,75)/t43-,46+,49-,51-,52+,56-,57-,58-,59+/m0/s1. The van der Waals surface area contributed by atoms with E-state index in [1.807, 2.05) is 139 Å². The summed E-state index contributed by atoms with van der Waals surface area (Å²) in [7, 11) is 6.35. The first-order valence-corrected chi connectivity index (χ1v) is 28.9. The van der Waals surface area contributed by atoms with Crippen LogP contribution in [-0.4, -0.2) is 139 Å². The van der Waals surface area contributed by atoms with Crippen LogP contribution in [0.15, 0.2) is 78.9 Å². The first-order valence-electron chi connectivity index (χ1n) is 28.9. The van der Waals surface area contributed by atoms with E-state index in [1.54, 1.807) is 51.6 Å². The van der Waals surface area contributed by atoms with Crippen molar-refractivity contribution < 1.29 is 47.8 Å². The van der Waals surface area contributed by atoms with Gasteiger partial charge in [0, 0.05) is 59.8 Å². The predicted octanol–water partition coefficient (Wildman–Crippen LogP) is 9.01. The summed E-state index contributed by atoms with van der Waals surface area (Å²) in [5, 5.41) is 5.97. The van der Waals surface area contributed by atoms with Crippen molar-refractivity contribution in [3.05, 3.63) is 101 Å². The molecule has 0 radical (unpaired) electrons. The van der Waals surface area contributed by atoms with Crippen molar-refractivity contribution >= 4 is 47.1 Å². The van der Waals surface area contributed by atoms with Gasteiger partial charge >= 0.3 is 5.97 Å². The molecule has 1 fully saturated rings. The Morgan fingerprint density at radius 2 is 1.32 bits per heavy atom. The van der Waals surface area contributed by atoms with Gasteiger partial charge in [0.25, 0.3) is 0 Å². The van der Waals surface area contributed by atoms with Gasteiger partial charge < -0.3 is 44.4 Å². The summed E-state index contributed by atoms with van der Waals surface area (Å²) in [6.45, 7) is 23.4. The third-order valence-electron chi connectivity index (χ3n) is 15.8. The van der Waals surface area contributed by atoms with E-state index in [1.165, 1.54) is 19.1 Å². The van der Waals surface area contributed by atoms with Gasteiger partial charge in [0.2, 0.25) is 35.4 Å². The highest BCUT2D eigenvalue weighted by atomic mass is 16.6. The van der Waals surface area contributed by atoms with Crippen molar-refractivity contribution in [2.75, 3.05) is 39.8 Å². The number of methoxy groups -OCH3 is 2. The fourth-order valence-corrected chi connectivity index (χ4v) is 11.1. The van der Waals surface area contributed by atoms with E-state index < -0.39 is 71.7 Å². The number of benzene rings is 3. The number of rotatable bonds is 29. The summed E-state index contributed by atoms with van der Waals surface area (Å²) < 4.78 is 17.9. The molecule has 0 unspecified atom stereocenters. The second-order valence-electron chi connectivity index (χ2n) is 23.7. The first kappa shape index (κ1) is 66.4. The maximum atomic E-state index is 14.8. The molecule has 2 N–H and O–H groups in total. The number of likely N-dealkylation sites (N-methyl/N-ethyl adjacent to an activating group) is 2. The lowest BCUT2D eigenvalue weighted by atomic mass is 9.89. The molecule has 0 saturated carbocycles. The highest BCUT2D eigenvalue weighted by molar-refractivity contribution is 5.95. The van der Waals surface area contributed by atoms with Crippen LogP contribution in [0.2, 0.25) is 0 Å². The van der Waals surface area contributed by atoms with Gasteiger partial charge in [-0.05, 0) is 106 Å². The number of carbonyl (C=O) groups excluding carboxylic acids is 7. The molecule has 442 valence electrons. The third-order valence-corrected chi connectivity index (χ3v) is 15.8. The van der Waals surface area contributed by atoms with E-state index in [2.05, 4.69) is 10.6 Å². The molecule has 4 rings (SSSR count). The number of ether oxygens (including phenoxy) is 3. The van der Waals surface area contributed by atoms with Gasteiger partial charge in [0.1, 0.15) is 23.7 Å². The van der Waals surface area contributed by atoms with Gasteiger partial charge in [-0.1, -0.05) is 128 Å². The van der Waals surface area contributed by atoms with E-state index >= 15 is 0 Å². The van der Waals surface area contributed by atoms with Crippen LogP contribution >= 0.6 is 0 Å². The molecule has 0 aliphatic carbocycles. The topological polar surface area (TPSA) is 184 Å². The van der Waals surface area contributed by atoms with Crippen molar-refractivity contribution in [2.45, 2.75) is 195 Å². The summed E-state index contributed by atoms with van der Waals surface area (Å²) in [5.41, 5.74) is 4.08. The van der Waals surface area contributed by atoms with Gasteiger partial charge in [-0.15, -0.1) is 0 Å². The fourth-order valence-electron chi connectivity index (χ4n) is 11.1. The van der Waals surface area contributed by atoms with Crippen LogP contribution in [0.1, 0.15) is 143 Å². The Morgan fingerprint density at radius 1 is 0.725 bits per heavy atom. The molecule has 1 heterocycles. The molecule has 6 amide bonds. The van der Waals surface area contributed by atoms with Crippen LogP contribution in [0, 0.1) is 37.5 Å². The zero-order valence-electron chi connectivity index (χ0n) is 51.0. The van der Waals surface area contributed by atoms with Crippen molar-refractivity contribution in [3.63, 3.8) is 0 Å². The quantitative estimate of drug-likeness (QED) is 0.0503. The number of para-hydroxylation sites is 1. The number of aryl methyl sites for hydroxylation is 2. The lowest BCUT2D eigenvalue weighted by molar-refractivity contribution is -0.159. The Kier molecular flexibility index (Phi) is 25.9. The van der Waals surface area contributed by atoms with Gasteiger partial charge in [-0.2, -0.15) is 0 Å². The van der Waals surface area contributed by atoms with Crippen LogP contribution in [0.4, 0.5) is 5.69 Å². The SMILES string of the molecule is CC[C@H](C)[C@@H]([C@@H](CC(=O)N1CCC[C@H]1[C@H](OC)[C@@H](C)C(=O)N[C@@H](Cc1ccccc1)C(=O)OC(C)(C)C)OC)N(C)C(=O)[C@@H](NC(=O)[C@H](C(C)C)N(C)C(=O)CCCCC(=O)N(Cc1ccccc1C)c1ccccc1C)C(C)C. The highest BCUT2D eigenvalue weighted by Crippen LogP contribution is 2.31. The number of likely N-dealkylation sites (tertiary alicyclic amines) is 1. The van der Waals surface area contributed by atoms with E-state index in [0.717, 1.165) is 27.9 Å². The Bertz CT molecular complexity index is 2510. The van der Waals surface area contributed by atoms with E-state index in [0.29, 0.717) is 45.2 Å². The minimum absolute atomic E-state index is 0.0345. The van der Waals surface area contributed by atoms with E-state index in [4.69, 9.17) is 14.2 Å². The zero-order valence-corrected chi connectivity index (χ0v) is 51.0. The number of hydrogen-bond acceptors (Lipinski definition) is 10. The first-order chi connectivity index (χ1) is 37.8. The number of nitrogens with zero attached hydrogens (tertiary/aromatic N) is 4. The molecule has 1 saturated heterocycles. The maximum Gasteiger partial charge on any atom is 0.329 e. The van der Waals surface area contributed by atoms with Crippen LogP contribution in [-0.2, 0) is 60.7 Å². The Morgan fingerprint density at radius 3 is 1.89 bits per heavy atom. The second-order valence-corrected chi connectivity index (χ2v) is 23.7. The molecule has 80 heavy (non-hydrogen) atoms. The minimum atomic E-state index is -0.973. The Hall–Kier alpha value is -6.13. The van der Waals surface area contributed by atoms with Gasteiger partial charge in [-0.3, -0.25) is 28.8 Å². The predicted molar refractivity (Wildman–Crippen MR) is 314 cm³/mol. The van der Waals surface area contributed by atoms with E-state index in [-0.39, 0.29) is 67.1 Å². The minimum Gasteiger partial charge on any atom is -0.458 e.